The summed E-state index contributed by atoms with van der Waals surface area (Å²) < 4.78 is 0. The summed E-state index contributed by atoms with van der Waals surface area (Å²) in [7, 11) is 0. The standard InChI is InChI=1S/C16H16N2O4S/c1-9(2)14-15(21)18(16(22)23-14)8-13(20)17-12-6-4-5-11(7-12)10(3)19/h4-7H,8H2,1-3H3,(H,17,20). The third-order valence-corrected chi connectivity index (χ3v) is 4.34. The van der Waals surface area contributed by atoms with Crippen molar-refractivity contribution in [3.8, 4) is 0 Å². The minimum atomic E-state index is -0.497. The Kier molecular flexibility index (Phi) is 5.00. The molecule has 2 rings (SSSR count). The number of amides is 3. The Hall–Kier alpha value is -2.41. The molecule has 1 N–H and O–H groups in total. The van der Waals surface area contributed by atoms with Gasteiger partial charge in [-0.05, 0) is 44.7 Å². The minimum absolute atomic E-state index is 0.115. The minimum Gasteiger partial charge on any atom is -0.325 e. The van der Waals surface area contributed by atoms with Crippen molar-refractivity contribution in [3.63, 3.8) is 0 Å². The van der Waals surface area contributed by atoms with Gasteiger partial charge in [-0.25, -0.2) is 0 Å². The van der Waals surface area contributed by atoms with Crippen molar-refractivity contribution in [2.24, 2.45) is 0 Å². The summed E-state index contributed by atoms with van der Waals surface area (Å²) in [5.41, 5.74) is 1.65. The van der Waals surface area contributed by atoms with Crippen LogP contribution in [0.3, 0.4) is 0 Å². The maximum Gasteiger partial charge on any atom is 0.294 e. The number of nitrogens with zero attached hydrogens (tertiary/aromatic N) is 1. The number of rotatable bonds is 4. The molecule has 1 fully saturated rings. The van der Waals surface area contributed by atoms with Crippen molar-refractivity contribution in [1.29, 1.82) is 0 Å². The SMILES string of the molecule is CC(=O)c1cccc(NC(=O)CN2C(=O)SC(=C(C)C)C2=O)c1. The lowest BCUT2D eigenvalue weighted by molar-refractivity contribution is -0.127. The largest absolute Gasteiger partial charge is 0.325 e. The molecule has 1 saturated heterocycles. The van der Waals surface area contributed by atoms with E-state index in [1.165, 1.54) is 6.92 Å². The highest BCUT2D eigenvalue weighted by atomic mass is 32.2. The highest BCUT2D eigenvalue weighted by molar-refractivity contribution is 8.18. The van der Waals surface area contributed by atoms with Crippen LogP contribution in [-0.2, 0) is 9.59 Å². The van der Waals surface area contributed by atoms with E-state index < -0.39 is 17.1 Å². The predicted octanol–water partition coefficient (Wildman–Crippen LogP) is 2.82. The number of ketones is 1. The molecule has 7 heteroatoms. The second-order valence-corrected chi connectivity index (χ2v) is 6.24. The number of Topliss-reactive ketones (excluding diaryl/α,β-unsaturated/α-hetero) is 1. The first kappa shape index (κ1) is 17.0. The molecule has 1 aliphatic rings. The Balaban J connectivity index is 2.07. The van der Waals surface area contributed by atoms with Gasteiger partial charge < -0.3 is 5.32 Å². The molecule has 120 valence electrons. The van der Waals surface area contributed by atoms with Gasteiger partial charge in [0.05, 0.1) is 4.91 Å². The van der Waals surface area contributed by atoms with Crippen LogP contribution >= 0.6 is 11.8 Å². The Morgan fingerprint density at radius 3 is 2.43 bits per heavy atom. The number of anilines is 1. The number of hydrogen-bond acceptors (Lipinski definition) is 5. The number of allylic oxidation sites excluding steroid dienone is 1. The highest BCUT2D eigenvalue weighted by Crippen LogP contribution is 2.32. The van der Waals surface area contributed by atoms with Gasteiger partial charge >= 0.3 is 0 Å². The van der Waals surface area contributed by atoms with Crippen LogP contribution < -0.4 is 5.32 Å². The lowest BCUT2D eigenvalue weighted by atomic mass is 10.1. The van der Waals surface area contributed by atoms with E-state index in [0.29, 0.717) is 16.2 Å². The third-order valence-electron chi connectivity index (χ3n) is 3.16. The van der Waals surface area contributed by atoms with Gasteiger partial charge in [-0.15, -0.1) is 0 Å². The van der Waals surface area contributed by atoms with Crippen molar-refractivity contribution in [2.75, 3.05) is 11.9 Å². The molecule has 0 unspecified atom stereocenters. The summed E-state index contributed by atoms with van der Waals surface area (Å²) in [6.07, 6.45) is 0. The van der Waals surface area contributed by atoms with Crippen molar-refractivity contribution in [2.45, 2.75) is 20.8 Å². The molecule has 0 bridgehead atoms. The Morgan fingerprint density at radius 2 is 1.87 bits per heavy atom. The smallest absolute Gasteiger partial charge is 0.294 e. The van der Waals surface area contributed by atoms with Gasteiger partial charge in [0.1, 0.15) is 6.54 Å². The molecule has 0 aromatic heterocycles. The molecule has 0 aliphatic carbocycles. The van der Waals surface area contributed by atoms with E-state index >= 15 is 0 Å². The molecule has 3 amide bonds. The summed E-state index contributed by atoms with van der Waals surface area (Å²) in [4.78, 5) is 48.6. The van der Waals surface area contributed by atoms with Crippen LogP contribution in [0.15, 0.2) is 34.7 Å². The quantitative estimate of drug-likeness (QED) is 0.677. The molecule has 0 atom stereocenters. The fourth-order valence-corrected chi connectivity index (χ4v) is 2.84. The number of carbonyl (C=O) groups excluding carboxylic acids is 4. The average Bonchev–Trinajstić information content (AvgIpc) is 2.75. The van der Waals surface area contributed by atoms with Crippen LogP contribution in [0.25, 0.3) is 0 Å². The number of carbonyl (C=O) groups is 4. The van der Waals surface area contributed by atoms with E-state index in [1.807, 2.05) is 0 Å². The summed E-state index contributed by atoms with van der Waals surface area (Å²) in [5.74, 6) is -1.06. The van der Waals surface area contributed by atoms with Gasteiger partial charge in [-0.3, -0.25) is 24.1 Å². The van der Waals surface area contributed by atoms with Crippen molar-refractivity contribution in [1.82, 2.24) is 4.90 Å². The van der Waals surface area contributed by atoms with Crippen LogP contribution in [-0.4, -0.2) is 34.3 Å². The van der Waals surface area contributed by atoms with E-state index in [1.54, 1.807) is 38.1 Å². The molecule has 1 aliphatic heterocycles. The number of imide groups is 1. The maximum absolute atomic E-state index is 12.1. The number of thioether (sulfide) groups is 1. The molecular weight excluding hydrogens is 316 g/mol. The molecule has 0 radical (unpaired) electrons. The normalized spacial score (nSPS) is 14.2. The fraction of sp³-hybridized carbons (Fsp3) is 0.250. The number of hydrogen-bond donors (Lipinski definition) is 1. The monoisotopic (exact) mass is 332 g/mol. The van der Waals surface area contributed by atoms with Crippen LogP contribution in [0.1, 0.15) is 31.1 Å². The van der Waals surface area contributed by atoms with Crippen LogP contribution in [0, 0.1) is 0 Å². The van der Waals surface area contributed by atoms with Gasteiger partial charge in [-0.2, -0.15) is 0 Å². The summed E-state index contributed by atoms with van der Waals surface area (Å²) in [6, 6.07) is 6.47. The second kappa shape index (κ2) is 6.78. The molecule has 1 aromatic rings. The van der Waals surface area contributed by atoms with Gasteiger partial charge in [0.15, 0.2) is 5.78 Å². The molecule has 0 saturated carbocycles. The third kappa shape index (κ3) is 3.87. The van der Waals surface area contributed by atoms with Crippen LogP contribution in [0.4, 0.5) is 10.5 Å². The molecule has 23 heavy (non-hydrogen) atoms. The average molecular weight is 332 g/mol. The first-order valence-corrected chi connectivity index (χ1v) is 7.73. The summed E-state index contributed by atoms with van der Waals surface area (Å²) in [5, 5.41) is 2.13. The lowest BCUT2D eigenvalue weighted by Crippen LogP contribution is -2.36. The van der Waals surface area contributed by atoms with Crippen molar-refractivity contribution >= 4 is 40.3 Å². The molecule has 6 nitrogen and oxygen atoms in total. The van der Waals surface area contributed by atoms with Crippen molar-refractivity contribution in [3.05, 3.63) is 40.3 Å². The number of benzene rings is 1. The zero-order chi connectivity index (χ0) is 17.1. The Bertz CT molecular complexity index is 735. The zero-order valence-electron chi connectivity index (χ0n) is 13.0. The molecule has 0 spiro atoms. The summed E-state index contributed by atoms with van der Waals surface area (Å²) in [6.45, 7) is 4.56. The van der Waals surface area contributed by atoms with Gasteiger partial charge in [0.2, 0.25) is 5.91 Å². The van der Waals surface area contributed by atoms with Crippen LogP contribution in [0.5, 0.6) is 0 Å². The number of nitrogens with one attached hydrogen (secondary N) is 1. The summed E-state index contributed by atoms with van der Waals surface area (Å²) >= 11 is 0.837. The lowest BCUT2D eigenvalue weighted by Gasteiger charge is -2.12. The Labute approximate surface area is 137 Å². The van der Waals surface area contributed by atoms with E-state index in [9.17, 15) is 19.2 Å². The van der Waals surface area contributed by atoms with Crippen molar-refractivity contribution < 1.29 is 19.2 Å². The van der Waals surface area contributed by atoms with E-state index in [0.717, 1.165) is 22.2 Å². The Morgan fingerprint density at radius 1 is 1.17 bits per heavy atom. The van der Waals surface area contributed by atoms with Gasteiger partial charge in [-0.1, -0.05) is 17.7 Å². The van der Waals surface area contributed by atoms with E-state index in [2.05, 4.69) is 5.32 Å². The predicted molar refractivity (Wildman–Crippen MR) is 88.2 cm³/mol. The van der Waals surface area contributed by atoms with Gasteiger partial charge in [0, 0.05) is 11.3 Å². The molecular formula is C16H16N2O4S. The van der Waals surface area contributed by atoms with E-state index in [-0.39, 0.29) is 12.3 Å². The topological polar surface area (TPSA) is 83.6 Å². The highest BCUT2D eigenvalue weighted by Gasteiger charge is 2.36. The first-order valence-electron chi connectivity index (χ1n) is 6.91. The fourth-order valence-electron chi connectivity index (χ4n) is 2.00. The maximum atomic E-state index is 12.1. The van der Waals surface area contributed by atoms with Gasteiger partial charge in [0.25, 0.3) is 11.1 Å². The van der Waals surface area contributed by atoms with E-state index in [4.69, 9.17) is 0 Å². The zero-order valence-corrected chi connectivity index (χ0v) is 13.8. The first-order chi connectivity index (χ1) is 10.8. The second-order valence-electron chi connectivity index (χ2n) is 5.27. The molecule has 1 heterocycles. The molecule has 1 aromatic carbocycles. The van der Waals surface area contributed by atoms with Crippen LogP contribution in [0.2, 0.25) is 0 Å².